The Morgan fingerprint density at radius 1 is 1.56 bits per heavy atom. The number of hydrogen-bond acceptors (Lipinski definition) is 3. The zero-order chi connectivity index (χ0) is 7.33. The third kappa shape index (κ3) is 3.65. The maximum absolute atomic E-state index is 8.47. The van der Waals surface area contributed by atoms with E-state index in [0.29, 0.717) is 6.54 Å². The summed E-state index contributed by atoms with van der Waals surface area (Å²) in [6.45, 7) is 4.16. The van der Waals surface area contributed by atoms with Crippen LogP contribution in [0.2, 0.25) is 0 Å². The molecule has 0 N–H and O–H groups in total. The molecule has 50 valence electrons. The molecule has 0 saturated carbocycles. The highest BCUT2D eigenvalue weighted by molar-refractivity contribution is 4.92. The second-order valence-corrected chi connectivity index (χ2v) is 2.50. The van der Waals surface area contributed by atoms with Crippen molar-refractivity contribution in [1.29, 1.82) is 5.26 Å². The molecule has 0 aromatic rings. The molecule has 3 heteroatoms. The molecule has 0 bridgehead atoms. The quantitative estimate of drug-likeness (QED) is 0.517. The number of nitriles is 1. The highest BCUT2D eigenvalue weighted by atomic mass is 15.1. The number of hydrogen-bond donors (Lipinski definition) is 0. The minimum atomic E-state index is -0.362. The van der Waals surface area contributed by atoms with Gasteiger partial charge in [0.1, 0.15) is 0 Å². The monoisotopic (exact) mass is 125 g/mol. The molecular formula is C6H11N3. The second-order valence-electron chi connectivity index (χ2n) is 2.50. The van der Waals surface area contributed by atoms with Gasteiger partial charge in [-0.05, 0) is 13.8 Å². The molecule has 0 radical (unpaired) electrons. The molecule has 0 amide bonds. The Morgan fingerprint density at radius 3 is 2.44 bits per heavy atom. The summed E-state index contributed by atoms with van der Waals surface area (Å²) in [5.41, 5.74) is -0.362. The van der Waals surface area contributed by atoms with Crippen molar-refractivity contribution in [1.82, 2.24) is 0 Å². The zero-order valence-corrected chi connectivity index (χ0v) is 6.05. The first kappa shape index (κ1) is 8.09. The van der Waals surface area contributed by atoms with E-state index >= 15 is 0 Å². The van der Waals surface area contributed by atoms with Crippen molar-refractivity contribution in [2.45, 2.75) is 13.8 Å². The van der Waals surface area contributed by atoms with Crippen LogP contribution in [0.4, 0.5) is 0 Å². The van der Waals surface area contributed by atoms with Crippen LogP contribution >= 0.6 is 0 Å². The maximum Gasteiger partial charge on any atom is 0.0779 e. The molecule has 3 nitrogen and oxygen atoms in total. The lowest BCUT2D eigenvalue weighted by molar-refractivity contribution is 0.500. The maximum atomic E-state index is 8.47. The van der Waals surface area contributed by atoms with Crippen LogP contribution in [0.15, 0.2) is 10.2 Å². The predicted octanol–water partition coefficient (Wildman–Crippen LogP) is 1.62. The minimum Gasteiger partial charge on any atom is -0.198 e. The average Bonchev–Trinajstić information content (AvgIpc) is 1.84. The number of azo groups is 1. The first-order valence-corrected chi connectivity index (χ1v) is 2.79. The van der Waals surface area contributed by atoms with Gasteiger partial charge in [-0.3, -0.25) is 0 Å². The molecule has 0 heterocycles. The third-order valence-corrected chi connectivity index (χ3v) is 0.910. The van der Waals surface area contributed by atoms with E-state index in [1.165, 1.54) is 0 Å². The summed E-state index contributed by atoms with van der Waals surface area (Å²) < 4.78 is 0. The molecule has 0 aromatic carbocycles. The largest absolute Gasteiger partial charge is 0.198 e. The van der Waals surface area contributed by atoms with Gasteiger partial charge in [0.15, 0.2) is 0 Å². The van der Waals surface area contributed by atoms with Crippen LogP contribution in [0.3, 0.4) is 0 Å². The van der Waals surface area contributed by atoms with Crippen molar-refractivity contribution in [3.63, 3.8) is 0 Å². The number of rotatable bonds is 2. The summed E-state index contributed by atoms with van der Waals surface area (Å²) in [6, 6.07) is 2.12. The molecule has 0 aliphatic carbocycles. The van der Waals surface area contributed by atoms with Crippen LogP contribution in [0, 0.1) is 16.7 Å². The van der Waals surface area contributed by atoms with Crippen molar-refractivity contribution < 1.29 is 0 Å². The minimum absolute atomic E-state index is 0.362. The van der Waals surface area contributed by atoms with Gasteiger partial charge in [-0.2, -0.15) is 15.5 Å². The van der Waals surface area contributed by atoms with Gasteiger partial charge in [0.2, 0.25) is 0 Å². The van der Waals surface area contributed by atoms with E-state index in [2.05, 4.69) is 16.3 Å². The Balaban J connectivity index is 3.76. The van der Waals surface area contributed by atoms with Crippen LogP contribution in [-0.4, -0.2) is 13.6 Å². The Morgan fingerprint density at radius 2 is 2.11 bits per heavy atom. The van der Waals surface area contributed by atoms with E-state index in [9.17, 15) is 0 Å². The van der Waals surface area contributed by atoms with E-state index in [1.54, 1.807) is 7.05 Å². The first-order chi connectivity index (χ1) is 4.12. The summed E-state index contributed by atoms with van der Waals surface area (Å²) in [5.74, 6) is 0. The van der Waals surface area contributed by atoms with E-state index in [-0.39, 0.29) is 5.41 Å². The van der Waals surface area contributed by atoms with E-state index in [0.717, 1.165) is 0 Å². The summed E-state index contributed by atoms with van der Waals surface area (Å²) in [4.78, 5) is 0. The summed E-state index contributed by atoms with van der Waals surface area (Å²) in [5, 5.41) is 15.7. The summed E-state index contributed by atoms with van der Waals surface area (Å²) >= 11 is 0. The fourth-order valence-corrected chi connectivity index (χ4v) is 0.283. The van der Waals surface area contributed by atoms with Crippen molar-refractivity contribution in [2.24, 2.45) is 15.6 Å². The highest BCUT2D eigenvalue weighted by Gasteiger charge is 2.14. The average molecular weight is 125 g/mol. The molecule has 0 unspecified atom stereocenters. The van der Waals surface area contributed by atoms with E-state index in [4.69, 9.17) is 5.26 Å². The molecular weight excluding hydrogens is 114 g/mol. The lowest BCUT2D eigenvalue weighted by Crippen LogP contribution is -2.11. The van der Waals surface area contributed by atoms with Crippen LogP contribution in [0.1, 0.15) is 13.8 Å². The molecule has 0 aromatic heterocycles. The zero-order valence-electron chi connectivity index (χ0n) is 6.05. The summed E-state index contributed by atoms with van der Waals surface area (Å²) in [7, 11) is 1.60. The molecule has 0 fully saturated rings. The molecule has 9 heavy (non-hydrogen) atoms. The molecule has 0 aliphatic rings. The second kappa shape index (κ2) is 3.18. The fraction of sp³-hybridized carbons (Fsp3) is 0.833. The normalized spacial score (nSPS) is 11.8. The van der Waals surface area contributed by atoms with Gasteiger partial charge in [-0.15, -0.1) is 0 Å². The van der Waals surface area contributed by atoms with Crippen molar-refractivity contribution >= 4 is 0 Å². The lowest BCUT2D eigenvalue weighted by atomic mass is 9.97. The van der Waals surface area contributed by atoms with Crippen molar-refractivity contribution in [3.05, 3.63) is 0 Å². The van der Waals surface area contributed by atoms with Crippen LogP contribution in [0.5, 0.6) is 0 Å². The Bertz CT molecular complexity index is 141. The predicted molar refractivity (Wildman–Crippen MR) is 35.0 cm³/mol. The third-order valence-electron chi connectivity index (χ3n) is 0.910. The van der Waals surface area contributed by atoms with Crippen LogP contribution < -0.4 is 0 Å². The molecule has 0 rings (SSSR count). The Labute approximate surface area is 55.4 Å². The Kier molecular flexibility index (Phi) is 2.86. The smallest absolute Gasteiger partial charge is 0.0779 e. The SMILES string of the molecule is CN=NCC(C)(C)C#N. The standard InChI is InChI=1S/C6H11N3/c1-6(2,4-7)5-9-8-3/h5H2,1-3H3. The van der Waals surface area contributed by atoms with Crippen LogP contribution in [-0.2, 0) is 0 Å². The topological polar surface area (TPSA) is 48.5 Å². The summed E-state index contributed by atoms with van der Waals surface area (Å²) in [6.07, 6.45) is 0. The van der Waals surface area contributed by atoms with Gasteiger partial charge in [0.25, 0.3) is 0 Å². The van der Waals surface area contributed by atoms with Gasteiger partial charge < -0.3 is 0 Å². The van der Waals surface area contributed by atoms with Crippen LogP contribution in [0.25, 0.3) is 0 Å². The molecule has 0 saturated heterocycles. The molecule has 0 aliphatic heterocycles. The van der Waals surface area contributed by atoms with Gasteiger partial charge in [0, 0.05) is 7.05 Å². The molecule has 0 atom stereocenters. The first-order valence-electron chi connectivity index (χ1n) is 2.79. The van der Waals surface area contributed by atoms with Gasteiger partial charge in [0.05, 0.1) is 18.0 Å². The molecule has 0 spiro atoms. The van der Waals surface area contributed by atoms with Crippen molar-refractivity contribution in [3.8, 4) is 6.07 Å². The van der Waals surface area contributed by atoms with Crippen molar-refractivity contribution in [2.75, 3.05) is 13.6 Å². The van der Waals surface area contributed by atoms with Gasteiger partial charge in [-0.1, -0.05) is 0 Å². The fourth-order valence-electron chi connectivity index (χ4n) is 0.283. The van der Waals surface area contributed by atoms with E-state index < -0.39 is 0 Å². The highest BCUT2D eigenvalue weighted by Crippen LogP contribution is 2.12. The lowest BCUT2D eigenvalue weighted by Gasteiger charge is -2.08. The van der Waals surface area contributed by atoms with Gasteiger partial charge >= 0.3 is 0 Å². The van der Waals surface area contributed by atoms with E-state index in [1.807, 2.05) is 13.8 Å². The van der Waals surface area contributed by atoms with Gasteiger partial charge in [-0.25, -0.2) is 0 Å². The Hall–Kier alpha value is -0.910. The number of nitrogens with zero attached hydrogens (tertiary/aromatic N) is 3.